The highest BCUT2D eigenvalue weighted by atomic mass is 16.5. The number of fused-ring (bicyclic) bond motifs is 3. The molecule has 2 aliphatic heterocycles. The minimum atomic E-state index is -0.747. The van der Waals surface area contributed by atoms with Gasteiger partial charge in [-0.2, -0.15) is 0 Å². The normalized spacial score (nSPS) is 15.2. The number of amides is 3. The third-order valence-corrected chi connectivity index (χ3v) is 10.6. The lowest BCUT2D eigenvalue weighted by molar-refractivity contribution is -0.124. The Morgan fingerprint density at radius 3 is 1.86 bits per heavy atom. The number of nitrogens with one attached hydrogen (secondary N) is 3. The van der Waals surface area contributed by atoms with E-state index in [0.29, 0.717) is 43.4 Å². The predicted octanol–water partition coefficient (Wildman–Crippen LogP) is 3.03. The summed E-state index contributed by atoms with van der Waals surface area (Å²) in [6, 6.07) is 25.2. The number of aromatic nitrogens is 2. The number of rotatable bonds is 16. The maximum atomic E-state index is 12.5. The van der Waals surface area contributed by atoms with Crippen molar-refractivity contribution in [1.82, 2.24) is 30.0 Å². The third-order valence-electron chi connectivity index (χ3n) is 10.6. The van der Waals surface area contributed by atoms with E-state index < -0.39 is 12.2 Å². The van der Waals surface area contributed by atoms with Crippen molar-refractivity contribution in [3.63, 3.8) is 0 Å². The predicted molar refractivity (Wildman–Crippen MR) is 220 cm³/mol. The van der Waals surface area contributed by atoms with Crippen LogP contribution in [-0.2, 0) is 47.4 Å². The van der Waals surface area contributed by atoms with Crippen molar-refractivity contribution in [2.24, 2.45) is 7.05 Å². The lowest BCUT2D eigenvalue weighted by atomic mass is 9.85. The summed E-state index contributed by atoms with van der Waals surface area (Å²) in [7, 11) is 1.90. The second kappa shape index (κ2) is 18.6. The fraction of sp³-hybridized carbons (Fsp3) is 0.364. The van der Waals surface area contributed by atoms with E-state index in [4.69, 9.17) is 9.47 Å². The largest absolute Gasteiger partial charge is 0.484 e. The number of anilines is 1. The Bertz CT molecular complexity index is 2260. The Balaban J connectivity index is 0.861. The van der Waals surface area contributed by atoms with Crippen LogP contribution in [0.1, 0.15) is 29.2 Å². The molecule has 14 heteroatoms. The number of aliphatic hydroxyl groups excluding tert-OH is 2. The maximum absolute atomic E-state index is 12.5. The zero-order valence-electron chi connectivity index (χ0n) is 32.9. The molecule has 304 valence electrons. The summed E-state index contributed by atoms with van der Waals surface area (Å²) in [6.07, 6.45) is 1.95. The van der Waals surface area contributed by atoms with Gasteiger partial charge in [0.2, 0.25) is 5.91 Å². The van der Waals surface area contributed by atoms with Gasteiger partial charge >= 0.3 is 0 Å². The minimum absolute atomic E-state index is 0.108. The zero-order chi connectivity index (χ0) is 40.6. The van der Waals surface area contributed by atoms with Gasteiger partial charge in [-0.15, -0.1) is 0 Å². The zero-order valence-corrected chi connectivity index (χ0v) is 32.9. The Kier molecular flexibility index (Phi) is 13.0. The van der Waals surface area contributed by atoms with Crippen LogP contribution in [0.4, 0.5) is 5.69 Å². The molecule has 5 N–H and O–H groups in total. The molecule has 5 aromatic rings. The molecule has 1 aromatic heterocycles. The highest BCUT2D eigenvalue weighted by Gasteiger charge is 2.25. The van der Waals surface area contributed by atoms with Crippen molar-refractivity contribution in [3.05, 3.63) is 107 Å². The Labute approximate surface area is 337 Å². The molecule has 0 radical (unpaired) electrons. The lowest BCUT2D eigenvalue weighted by Gasteiger charge is -2.33. The molecular formula is C44H51N7O7. The average molecular weight is 790 g/mol. The first-order valence-electron chi connectivity index (χ1n) is 19.7. The SMILES string of the molecule is CC(=O)Nc1cccc(OCC(=O)NCC(O)CN2CCc3c(cccc3-c3cccc4c3CCN(CC(O)CNC(=O)COc3ccc5ncn(C)c5c3)C4)C2)c1. The van der Waals surface area contributed by atoms with E-state index in [9.17, 15) is 24.6 Å². The van der Waals surface area contributed by atoms with Crippen LogP contribution < -0.4 is 25.4 Å². The smallest absolute Gasteiger partial charge is 0.258 e. The van der Waals surface area contributed by atoms with Gasteiger partial charge in [-0.3, -0.25) is 24.2 Å². The van der Waals surface area contributed by atoms with E-state index in [0.717, 1.165) is 37.0 Å². The van der Waals surface area contributed by atoms with Crippen LogP contribution in [0.15, 0.2) is 85.2 Å². The van der Waals surface area contributed by atoms with Gasteiger partial charge in [0, 0.05) is 84.1 Å². The number of aryl methyl sites for hydroxylation is 1. The molecule has 2 unspecified atom stereocenters. The number of nitrogens with zero attached hydrogens (tertiary/aromatic N) is 4. The van der Waals surface area contributed by atoms with Gasteiger partial charge in [-0.05, 0) is 70.5 Å². The van der Waals surface area contributed by atoms with Crippen LogP contribution in [-0.4, -0.2) is 112 Å². The van der Waals surface area contributed by atoms with Gasteiger partial charge in [-0.25, -0.2) is 4.98 Å². The molecule has 4 aromatic carbocycles. The molecule has 0 saturated heterocycles. The number of aliphatic hydroxyl groups is 2. The van der Waals surface area contributed by atoms with Crippen molar-refractivity contribution in [3.8, 4) is 22.6 Å². The van der Waals surface area contributed by atoms with Crippen LogP contribution in [0.25, 0.3) is 22.2 Å². The fourth-order valence-electron chi connectivity index (χ4n) is 7.80. The van der Waals surface area contributed by atoms with Crippen molar-refractivity contribution in [1.29, 1.82) is 0 Å². The summed E-state index contributed by atoms with van der Waals surface area (Å²) in [5.41, 5.74) is 9.96. The van der Waals surface area contributed by atoms with Gasteiger partial charge in [0.1, 0.15) is 11.5 Å². The van der Waals surface area contributed by atoms with Crippen LogP contribution in [0.5, 0.6) is 11.5 Å². The van der Waals surface area contributed by atoms with Crippen LogP contribution in [0, 0.1) is 0 Å². The molecule has 0 fully saturated rings. The Morgan fingerprint density at radius 2 is 1.29 bits per heavy atom. The quantitative estimate of drug-likeness (QED) is 0.100. The highest BCUT2D eigenvalue weighted by Crippen LogP contribution is 2.36. The monoisotopic (exact) mass is 789 g/mol. The van der Waals surface area contributed by atoms with Crippen LogP contribution in [0.3, 0.4) is 0 Å². The van der Waals surface area contributed by atoms with E-state index in [1.54, 1.807) is 36.7 Å². The first kappa shape index (κ1) is 40.4. The molecule has 3 heterocycles. The van der Waals surface area contributed by atoms with Crippen molar-refractivity contribution < 1.29 is 34.1 Å². The standard InChI is InChI=1S/C44H51N7O7/c1-29(52)48-32-8-5-9-35(18-32)57-26-43(55)45-20-33(53)24-50-16-14-37-30(22-50)6-3-10-39(37)40-11-4-7-31-23-51(17-15-38(31)40)25-34(54)21-46-44(56)27-58-36-12-13-41-42(19-36)49(2)28-47-41/h3-13,18-19,28,33-34,53-54H,14-17,20-27H2,1-2H3,(H,45,55)(H,46,56)(H,48,52). The second-order valence-electron chi connectivity index (χ2n) is 15.1. The Morgan fingerprint density at radius 1 is 0.741 bits per heavy atom. The number of hydrogen-bond donors (Lipinski definition) is 5. The van der Waals surface area contributed by atoms with Gasteiger partial charge in [-0.1, -0.05) is 42.5 Å². The molecule has 0 saturated carbocycles. The molecule has 14 nitrogen and oxygen atoms in total. The fourth-order valence-corrected chi connectivity index (χ4v) is 7.80. The molecule has 0 aliphatic carbocycles. The summed E-state index contributed by atoms with van der Waals surface area (Å²) in [5, 5.41) is 29.9. The van der Waals surface area contributed by atoms with E-state index in [-0.39, 0.29) is 44.0 Å². The van der Waals surface area contributed by atoms with Gasteiger partial charge in [0.15, 0.2) is 13.2 Å². The summed E-state index contributed by atoms with van der Waals surface area (Å²) in [4.78, 5) is 45.0. The molecule has 0 bridgehead atoms. The van der Waals surface area contributed by atoms with E-state index in [2.05, 4.69) is 67.1 Å². The molecule has 2 atom stereocenters. The summed E-state index contributed by atoms with van der Waals surface area (Å²) < 4.78 is 13.1. The van der Waals surface area contributed by atoms with Crippen LogP contribution in [0.2, 0.25) is 0 Å². The van der Waals surface area contributed by atoms with E-state index in [1.807, 2.05) is 23.7 Å². The highest BCUT2D eigenvalue weighted by molar-refractivity contribution is 5.89. The maximum Gasteiger partial charge on any atom is 0.258 e. The van der Waals surface area contributed by atoms with Crippen molar-refractivity contribution >= 4 is 34.4 Å². The lowest BCUT2D eigenvalue weighted by Crippen LogP contribution is -2.43. The number of carbonyl (C=O) groups is 3. The molecule has 2 aliphatic rings. The first-order chi connectivity index (χ1) is 28.1. The van der Waals surface area contributed by atoms with Gasteiger partial charge in [0.25, 0.3) is 11.8 Å². The molecule has 7 rings (SSSR count). The number of imidazole rings is 1. The minimum Gasteiger partial charge on any atom is -0.484 e. The number of ether oxygens (including phenoxy) is 2. The molecular weight excluding hydrogens is 739 g/mol. The van der Waals surface area contributed by atoms with Crippen LogP contribution >= 0.6 is 0 Å². The Hall–Kier alpha value is -5.80. The topological polar surface area (TPSA) is 171 Å². The number of carbonyl (C=O) groups excluding carboxylic acids is 3. The first-order valence-corrected chi connectivity index (χ1v) is 19.7. The second-order valence-corrected chi connectivity index (χ2v) is 15.1. The third kappa shape index (κ3) is 10.4. The van der Waals surface area contributed by atoms with E-state index in [1.165, 1.54) is 40.3 Å². The average Bonchev–Trinajstić information content (AvgIpc) is 3.59. The molecule has 3 amide bonds. The molecule has 0 spiro atoms. The van der Waals surface area contributed by atoms with Crippen molar-refractivity contribution in [2.75, 3.05) is 57.8 Å². The summed E-state index contributed by atoms with van der Waals surface area (Å²) in [5.74, 6) is 0.211. The van der Waals surface area contributed by atoms with Gasteiger partial charge < -0.3 is 40.2 Å². The van der Waals surface area contributed by atoms with Crippen molar-refractivity contribution in [2.45, 2.75) is 45.1 Å². The van der Waals surface area contributed by atoms with E-state index >= 15 is 0 Å². The van der Waals surface area contributed by atoms with Gasteiger partial charge in [0.05, 0.1) is 29.6 Å². The summed E-state index contributed by atoms with van der Waals surface area (Å²) in [6.45, 7) is 5.18. The molecule has 58 heavy (non-hydrogen) atoms. The summed E-state index contributed by atoms with van der Waals surface area (Å²) >= 11 is 0. The number of benzene rings is 4. The number of β-amino-alcohol motifs (C(OH)–C–C–N with tert-alkyl or cyclic N) is 2. The number of hydrogen-bond acceptors (Lipinski definition) is 10.